The van der Waals surface area contributed by atoms with E-state index in [-0.39, 0.29) is 6.03 Å². The highest BCUT2D eigenvalue weighted by Crippen LogP contribution is 2.18. The number of amides is 2. The maximum Gasteiger partial charge on any atom is 0.317 e. The molecule has 2 rings (SSSR count). The monoisotopic (exact) mass is 247 g/mol. The third-order valence-electron chi connectivity index (χ3n) is 3.34. The molecule has 1 fully saturated rings. The van der Waals surface area contributed by atoms with Gasteiger partial charge in [-0.25, -0.2) is 4.79 Å². The minimum absolute atomic E-state index is 0.00834. The number of hydrogen-bond acceptors (Lipinski definition) is 2. The van der Waals surface area contributed by atoms with Crippen LogP contribution in [-0.4, -0.2) is 30.1 Å². The van der Waals surface area contributed by atoms with Crippen molar-refractivity contribution < 1.29 is 4.79 Å². The van der Waals surface area contributed by atoms with Gasteiger partial charge in [-0.1, -0.05) is 30.3 Å². The van der Waals surface area contributed by atoms with Crippen LogP contribution in [0.3, 0.4) is 0 Å². The van der Waals surface area contributed by atoms with Crippen LogP contribution < -0.4 is 11.1 Å². The molecule has 4 nitrogen and oxygen atoms in total. The third kappa shape index (κ3) is 3.47. The number of carbonyl (C=O) groups is 1. The summed E-state index contributed by atoms with van der Waals surface area (Å²) in [5.41, 5.74) is 6.71. The number of carbonyl (C=O) groups excluding carboxylic acids is 1. The van der Waals surface area contributed by atoms with E-state index >= 15 is 0 Å². The zero-order valence-corrected chi connectivity index (χ0v) is 10.6. The van der Waals surface area contributed by atoms with Crippen molar-refractivity contribution in [2.45, 2.75) is 31.8 Å². The number of rotatable bonds is 5. The first-order valence-electron chi connectivity index (χ1n) is 6.59. The third-order valence-corrected chi connectivity index (χ3v) is 3.34. The second-order valence-electron chi connectivity index (χ2n) is 4.77. The Labute approximate surface area is 108 Å². The zero-order chi connectivity index (χ0) is 12.8. The molecule has 98 valence electrons. The van der Waals surface area contributed by atoms with Crippen molar-refractivity contribution in [2.75, 3.05) is 13.1 Å². The first-order chi connectivity index (χ1) is 8.79. The van der Waals surface area contributed by atoms with Gasteiger partial charge in [0.05, 0.1) is 0 Å². The number of nitrogens with two attached hydrogens (primary N) is 1. The lowest BCUT2D eigenvalue weighted by atomic mass is 9.93. The standard InChI is InChI=1S/C14H21N3O/c15-9-10-17(11-12-5-2-1-3-6-12)14(18)16-13-7-4-8-13/h1-3,5-6,13H,4,7-11,15H2,(H,16,18). The molecule has 0 spiro atoms. The van der Waals surface area contributed by atoms with Gasteiger partial charge in [0.25, 0.3) is 0 Å². The first-order valence-corrected chi connectivity index (χ1v) is 6.59. The molecule has 1 aliphatic rings. The Balaban J connectivity index is 1.91. The number of hydrogen-bond donors (Lipinski definition) is 2. The number of nitrogens with zero attached hydrogens (tertiary/aromatic N) is 1. The van der Waals surface area contributed by atoms with Crippen LogP contribution >= 0.6 is 0 Å². The summed E-state index contributed by atoms with van der Waals surface area (Å²) >= 11 is 0. The van der Waals surface area contributed by atoms with E-state index in [1.165, 1.54) is 6.42 Å². The second-order valence-corrected chi connectivity index (χ2v) is 4.77. The predicted octanol–water partition coefficient (Wildman–Crippen LogP) is 1.71. The molecule has 0 radical (unpaired) electrons. The first kappa shape index (κ1) is 12.9. The van der Waals surface area contributed by atoms with Crippen molar-refractivity contribution in [3.63, 3.8) is 0 Å². The highest BCUT2D eigenvalue weighted by atomic mass is 16.2. The van der Waals surface area contributed by atoms with Gasteiger partial charge >= 0.3 is 6.03 Å². The van der Waals surface area contributed by atoms with Crippen LogP contribution in [0.2, 0.25) is 0 Å². The lowest BCUT2D eigenvalue weighted by Gasteiger charge is -2.30. The maximum absolute atomic E-state index is 12.1. The van der Waals surface area contributed by atoms with Crippen LogP contribution in [-0.2, 0) is 6.54 Å². The Morgan fingerprint density at radius 3 is 2.61 bits per heavy atom. The van der Waals surface area contributed by atoms with Gasteiger partial charge in [0.2, 0.25) is 0 Å². The molecule has 1 aromatic rings. The van der Waals surface area contributed by atoms with Crippen molar-refractivity contribution in [3.8, 4) is 0 Å². The van der Waals surface area contributed by atoms with E-state index in [0.29, 0.717) is 25.7 Å². The van der Waals surface area contributed by atoms with Gasteiger partial charge in [0.1, 0.15) is 0 Å². The number of nitrogens with one attached hydrogen (secondary N) is 1. The molecule has 0 atom stereocenters. The predicted molar refractivity (Wildman–Crippen MR) is 72.1 cm³/mol. The lowest BCUT2D eigenvalue weighted by molar-refractivity contribution is 0.185. The van der Waals surface area contributed by atoms with Crippen LogP contribution in [0.1, 0.15) is 24.8 Å². The van der Waals surface area contributed by atoms with Crippen LogP contribution in [0, 0.1) is 0 Å². The van der Waals surface area contributed by atoms with Crippen molar-refractivity contribution in [1.29, 1.82) is 0 Å². The molecule has 3 N–H and O–H groups in total. The lowest BCUT2D eigenvalue weighted by Crippen LogP contribution is -2.48. The molecule has 1 aromatic carbocycles. The van der Waals surface area contributed by atoms with E-state index in [9.17, 15) is 4.79 Å². The molecule has 2 amide bonds. The molecule has 0 heterocycles. The summed E-state index contributed by atoms with van der Waals surface area (Å²) in [4.78, 5) is 13.9. The van der Waals surface area contributed by atoms with Crippen molar-refractivity contribution >= 4 is 6.03 Å². The summed E-state index contributed by atoms with van der Waals surface area (Å²) in [7, 11) is 0. The van der Waals surface area contributed by atoms with Gasteiger partial charge in [0, 0.05) is 25.7 Å². The smallest absolute Gasteiger partial charge is 0.317 e. The molecule has 1 saturated carbocycles. The Kier molecular flexibility index (Phi) is 4.59. The second kappa shape index (κ2) is 6.40. The molecule has 4 heteroatoms. The Morgan fingerprint density at radius 2 is 2.06 bits per heavy atom. The van der Waals surface area contributed by atoms with Crippen molar-refractivity contribution in [1.82, 2.24) is 10.2 Å². The molecule has 0 aromatic heterocycles. The highest BCUT2D eigenvalue weighted by molar-refractivity contribution is 5.74. The van der Waals surface area contributed by atoms with Gasteiger partial charge in [-0.3, -0.25) is 0 Å². The minimum Gasteiger partial charge on any atom is -0.335 e. The molecular formula is C14H21N3O. The Morgan fingerprint density at radius 1 is 1.33 bits per heavy atom. The van der Waals surface area contributed by atoms with E-state index in [0.717, 1.165) is 18.4 Å². The Bertz CT molecular complexity index is 376. The van der Waals surface area contributed by atoms with Crippen LogP contribution in [0.5, 0.6) is 0 Å². The number of urea groups is 1. The van der Waals surface area contributed by atoms with Gasteiger partial charge in [-0.2, -0.15) is 0 Å². The number of benzene rings is 1. The molecule has 0 aliphatic heterocycles. The quantitative estimate of drug-likeness (QED) is 0.832. The van der Waals surface area contributed by atoms with Crippen molar-refractivity contribution in [2.24, 2.45) is 5.73 Å². The summed E-state index contributed by atoms with van der Waals surface area (Å²) in [5, 5.41) is 3.05. The highest BCUT2D eigenvalue weighted by Gasteiger charge is 2.22. The topological polar surface area (TPSA) is 58.4 Å². The average Bonchev–Trinajstić information content (AvgIpc) is 2.34. The van der Waals surface area contributed by atoms with E-state index in [4.69, 9.17) is 5.73 Å². The fourth-order valence-corrected chi connectivity index (χ4v) is 2.03. The van der Waals surface area contributed by atoms with Gasteiger partial charge in [-0.05, 0) is 24.8 Å². The van der Waals surface area contributed by atoms with Gasteiger partial charge in [-0.15, -0.1) is 0 Å². The SMILES string of the molecule is NCCN(Cc1ccccc1)C(=O)NC1CCC1. The van der Waals surface area contributed by atoms with Gasteiger partial charge < -0.3 is 16.0 Å². The molecule has 18 heavy (non-hydrogen) atoms. The van der Waals surface area contributed by atoms with E-state index in [1.54, 1.807) is 4.90 Å². The summed E-state index contributed by atoms with van der Waals surface area (Å²) < 4.78 is 0. The van der Waals surface area contributed by atoms with E-state index in [2.05, 4.69) is 5.32 Å². The van der Waals surface area contributed by atoms with E-state index in [1.807, 2.05) is 30.3 Å². The van der Waals surface area contributed by atoms with Crippen LogP contribution in [0.15, 0.2) is 30.3 Å². The maximum atomic E-state index is 12.1. The fraction of sp³-hybridized carbons (Fsp3) is 0.500. The van der Waals surface area contributed by atoms with Crippen LogP contribution in [0.4, 0.5) is 4.79 Å². The van der Waals surface area contributed by atoms with E-state index < -0.39 is 0 Å². The minimum atomic E-state index is 0.00834. The summed E-state index contributed by atoms with van der Waals surface area (Å²) in [6, 6.07) is 10.4. The molecule has 0 bridgehead atoms. The van der Waals surface area contributed by atoms with Crippen LogP contribution in [0.25, 0.3) is 0 Å². The van der Waals surface area contributed by atoms with Crippen molar-refractivity contribution in [3.05, 3.63) is 35.9 Å². The largest absolute Gasteiger partial charge is 0.335 e. The summed E-state index contributed by atoms with van der Waals surface area (Å²) in [6.45, 7) is 1.70. The molecule has 1 aliphatic carbocycles. The molecule has 0 saturated heterocycles. The zero-order valence-electron chi connectivity index (χ0n) is 10.6. The Hall–Kier alpha value is -1.55. The average molecular weight is 247 g/mol. The molecule has 0 unspecified atom stereocenters. The normalized spacial score (nSPS) is 14.9. The molecular weight excluding hydrogens is 226 g/mol. The van der Waals surface area contributed by atoms with Gasteiger partial charge in [0.15, 0.2) is 0 Å². The fourth-order valence-electron chi connectivity index (χ4n) is 2.03. The summed E-state index contributed by atoms with van der Waals surface area (Å²) in [6.07, 6.45) is 3.43. The summed E-state index contributed by atoms with van der Waals surface area (Å²) in [5.74, 6) is 0.